The number of hydrogen-bond acceptors (Lipinski definition) is 4. The van der Waals surface area contributed by atoms with Crippen molar-refractivity contribution in [3.05, 3.63) is 29.8 Å². The molecule has 19 heavy (non-hydrogen) atoms. The standard InChI is InChI=1S/C13H21N5O/c1-10(2)18-11(3)12(7-16-18)6-14-13-8-15-17(9-13)4-5-19/h7-10,14,19H,4-6H2,1-3H3. The highest BCUT2D eigenvalue weighted by atomic mass is 16.3. The van der Waals surface area contributed by atoms with E-state index in [1.54, 1.807) is 10.9 Å². The first-order valence-electron chi connectivity index (χ1n) is 6.52. The first-order chi connectivity index (χ1) is 9.11. The summed E-state index contributed by atoms with van der Waals surface area (Å²) >= 11 is 0. The van der Waals surface area contributed by atoms with Gasteiger partial charge in [-0.1, -0.05) is 0 Å². The Kier molecular flexibility index (Phi) is 4.21. The zero-order valence-electron chi connectivity index (χ0n) is 11.7. The Morgan fingerprint density at radius 1 is 1.32 bits per heavy atom. The zero-order valence-corrected chi connectivity index (χ0v) is 11.7. The van der Waals surface area contributed by atoms with Gasteiger partial charge in [-0.3, -0.25) is 9.36 Å². The van der Waals surface area contributed by atoms with Crippen molar-refractivity contribution in [1.82, 2.24) is 19.6 Å². The van der Waals surface area contributed by atoms with Gasteiger partial charge in [0.05, 0.1) is 31.2 Å². The Morgan fingerprint density at radius 3 is 2.74 bits per heavy atom. The molecule has 0 amide bonds. The molecule has 2 aromatic heterocycles. The largest absolute Gasteiger partial charge is 0.394 e. The van der Waals surface area contributed by atoms with Gasteiger partial charge in [0.2, 0.25) is 0 Å². The monoisotopic (exact) mass is 263 g/mol. The molecule has 0 aliphatic carbocycles. The Hall–Kier alpha value is -1.82. The van der Waals surface area contributed by atoms with E-state index in [9.17, 15) is 0 Å². The molecule has 0 aliphatic heterocycles. The van der Waals surface area contributed by atoms with Crippen LogP contribution >= 0.6 is 0 Å². The average molecular weight is 263 g/mol. The second-order valence-corrected chi connectivity index (χ2v) is 4.86. The maximum absolute atomic E-state index is 8.84. The molecule has 0 spiro atoms. The third kappa shape index (κ3) is 3.14. The predicted octanol–water partition coefficient (Wildman–Crippen LogP) is 1.57. The summed E-state index contributed by atoms with van der Waals surface area (Å²) in [6.45, 7) is 7.67. The summed E-state index contributed by atoms with van der Waals surface area (Å²) in [5.41, 5.74) is 3.32. The van der Waals surface area contributed by atoms with Crippen molar-refractivity contribution in [1.29, 1.82) is 0 Å². The maximum atomic E-state index is 8.84. The summed E-state index contributed by atoms with van der Waals surface area (Å²) in [5, 5.41) is 20.7. The van der Waals surface area contributed by atoms with Crippen LogP contribution in [0.2, 0.25) is 0 Å². The van der Waals surface area contributed by atoms with Gasteiger partial charge in [-0.25, -0.2) is 0 Å². The van der Waals surface area contributed by atoms with Crippen LogP contribution in [0.25, 0.3) is 0 Å². The van der Waals surface area contributed by atoms with E-state index in [-0.39, 0.29) is 6.61 Å². The minimum Gasteiger partial charge on any atom is -0.394 e. The lowest BCUT2D eigenvalue weighted by molar-refractivity contribution is 0.269. The van der Waals surface area contributed by atoms with Gasteiger partial charge in [0.15, 0.2) is 0 Å². The van der Waals surface area contributed by atoms with Crippen molar-refractivity contribution >= 4 is 5.69 Å². The van der Waals surface area contributed by atoms with E-state index in [0.717, 1.165) is 12.2 Å². The van der Waals surface area contributed by atoms with Crippen molar-refractivity contribution < 1.29 is 5.11 Å². The summed E-state index contributed by atoms with van der Waals surface area (Å²) in [7, 11) is 0. The Balaban J connectivity index is 1.98. The average Bonchev–Trinajstić information content (AvgIpc) is 2.94. The molecule has 0 fully saturated rings. The lowest BCUT2D eigenvalue weighted by atomic mass is 10.2. The Morgan fingerprint density at radius 2 is 2.11 bits per heavy atom. The molecule has 2 heterocycles. The fourth-order valence-corrected chi connectivity index (χ4v) is 2.03. The van der Waals surface area contributed by atoms with Gasteiger partial charge in [0.1, 0.15) is 0 Å². The first kappa shape index (κ1) is 13.6. The molecular formula is C13H21N5O. The molecule has 104 valence electrons. The maximum Gasteiger partial charge on any atom is 0.0729 e. The van der Waals surface area contributed by atoms with Gasteiger partial charge in [-0.15, -0.1) is 0 Å². The van der Waals surface area contributed by atoms with Gasteiger partial charge in [0.25, 0.3) is 0 Å². The number of aliphatic hydroxyl groups is 1. The molecular weight excluding hydrogens is 242 g/mol. The molecule has 2 aromatic rings. The molecule has 0 bridgehead atoms. The second-order valence-electron chi connectivity index (χ2n) is 4.86. The van der Waals surface area contributed by atoms with Crippen LogP contribution in [0.15, 0.2) is 18.6 Å². The molecule has 2 rings (SSSR count). The quantitative estimate of drug-likeness (QED) is 0.830. The molecule has 6 heteroatoms. The van der Waals surface area contributed by atoms with Crippen LogP contribution in [0, 0.1) is 6.92 Å². The van der Waals surface area contributed by atoms with E-state index < -0.39 is 0 Å². The van der Waals surface area contributed by atoms with Gasteiger partial charge in [-0.2, -0.15) is 10.2 Å². The Labute approximate surface area is 113 Å². The zero-order chi connectivity index (χ0) is 13.8. The number of nitrogens with zero attached hydrogens (tertiary/aromatic N) is 4. The van der Waals surface area contributed by atoms with Crippen molar-refractivity contribution in [2.75, 3.05) is 11.9 Å². The first-order valence-corrected chi connectivity index (χ1v) is 6.52. The molecule has 0 aliphatic rings. The summed E-state index contributed by atoms with van der Waals surface area (Å²) in [5.74, 6) is 0. The van der Waals surface area contributed by atoms with Crippen molar-refractivity contribution in [2.24, 2.45) is 0 Å². The minimum absolute atomic E-state index is 0.0986. The predicted molar refractivity (Wildman–Crippen MR) is 74.0 cm³/mol. The van der Waals surface area contributed by atoms with Crippen LogP contribution in [0.5, 0.6) is 0 Å². The summed E-state index contributed by atoms with van der Waals surface area (Å²) in [6.07, 6.45) is 5.55. The number of aromatic nitrogens is 4. The van der Waals surface area contributed by atoms with Crippen LogP contribution < -0.4 is 5.32 Å². The molecule has 0 saturated heterocycles. The minimum atomic E-state index is 0.0986. The highest BCUT2D eigenvalue weighted by Gasteiger charge is 2.08. The lowest BCUT2D eigenvalue weighted by Crippen LogP contribution is -2.06. The van der Waals surface area contributed by atoms with Crippen LogP contribution in [0.4, 0.5) is 5.69 Å². The van der Waals surface area contributed by atoms with E-state index in [1.807, 2.05) is 17.1 Å². The van der Waals surface area contributed by atoms with Gasteiger partial charge in [0, 0.05) is 30.0 Å². The van der Waals surface area contributed by atoms with Crippen molar-refractivity contribution in [3.63, 3.8) is 0 Å². The highest BCUT2D eigenvalue weighted by molar-refractivity contribution is 5.39. The van der Waals surface area contributed by atoms with Crippen molar-refractivity contribution in [3.8, 4) is 0 Å². The van der Waals surface area contributed by atoms with Crippen molar-refractivity contribution in [2.45, 2.75) is 39.9 Å². The molecule has 0 atom stereocenters. The molecule has 0 unspecified atom stereocenters. The number of aliphatic hydroxyl groups excluding tert-OH is 1. The van der Waals surface area contributed by atoms with Crippen LogP contribution in [-0.2, 0) is 13.1 Å². The number of hydrogen-bond donors (Lipinski definition) is 2. The smallest absolute Gasteiger partial charge is 0.0729 e. The normalized spacial score (nSPS) is 11.2. The van der Waals surface area contributed by atoms with Crippen LogP contribution in [0.1, 0.15) is 31.1 Å². The van der Waals surface area contributed by atoms with E-state index in [2.05, 4.69) is 36.3 Å². The Bertz CT molecular complexity index is 529. The summed E-state index contributed by atoms with van der Waals surface area (Å²) in [6, 6.07) is 0.376. The van der Waals surface area contributed by atoms with Gasteiger partial charge in [-0.05, 0) is 20.8 Å². The van der Waals surface area contributed by atoms with E-state index in [1.165, 1.54) is 11.3 Å². The van der Waals surface area contributed by atoms with Crippen LogP contribution in [-0.4, -0.2) is 31.3 Å². The summed E-state index contributed by atoms with van der Waals surface area (Å²) < 4.78 is 3.74. The van der Waals surface area contributed by atoms with E-state index >= 15 is 0 Å². The van der Waals surface area contributed by atoms with Gasteiger partial charge < -0.3 is 10.4 Å². The lowest BCUT2D eigenvalue weighted by Gasteiger charge is -2.09. The molecule has 6 nitrogen and oxygen atoms in total. The van der Waals surface area contributed by atoms with E-state index in [4.69, 9.17) is 5.11 Å². The second kappa shape index (κ2) is 5.88. The third-order valence-electron chi connectivity index (χ3n) is 3.08. The molecule has 2 N–H and O–H groups in total. The fourth-order valence-electron chi connectivity index (χ4n) is 2.03. The fraction of sp³-hybridized carbons (Fsp3) is 0.538. The third-order valence-corrected chi connectivity index (χ3v) is 3.08. The van der Waals surface area contributed by atoms with Gasteiger partial charge >= 0.3 is 0 Å². The molecule has 0 aromatic carbocycles. The number of rotatable bonds is 6. The highest BCUT2D eigenvalue weighted by Crippen LogP contribution is 2.14. The number of nitrogens with one attached hydrogen (secondary N) is 1. The number of anilines is 1. The molecule has 0 radical (unpaired) electrons. The van der Waals surface area contributed by atoms with E-state index in [0.29, 0.717) is 12.6 Å². The summed E-state index contributed by atoms with van der Waals surface area (Å²) in [4.78, 5) is 0. The SMILES string of the molecule is Cc1c(CNc2cnn(CCO)c2)cnn1C(C)C. The van der Waals surface area contributed by atoms with Crippen LogP contribution in [0.3, 0.4) is 0 Å². The topological polar surface area (TPSA) is 67.9 Å². The molecule has 0 saturated carbocycles.